The normalized spacial score (nSPS) is 23.5. The van der Waals surface area contributed by atoms with Crippen molar-refractivity contribution in [1.82, 2.24) is 4.72 Å². The van der Waals surface area contributed by atoms with Gasteiger partial charge in [0.25, 0.3) is 10.0 Å². The summed E-state index contributed by atoms with van der Waals surface area (Å²) in [4.78, 5) is 12.6. The van der Waals surface area contributed by atoms with Crippen molar-refractivity contribution in [3.05, 3.63) is 29.8 Å². The van der Waals surface area contributed by atoms with Crippen molar-refractivity contribution in [3.63, 3.8) is 0 Å². The van der Waals surface area contributed by atoms with E-state index in [2.05, 4.69) is 4.72 Å². The van der Waals surface area contributed by atoms with Crippen LogP contribution in [0.25, 0.3) is 0 Å². The Kier molecular flexibility index (Phi) is 4.77. The summed E-state index contributed by atoms with van der Waals surface area (Å²) in [5.74, 6) is 0.121. The molecule has 0 saturated heterocycles. The van der Waals surface area contributed by atoms with Crippen molar-refractivity contribution in [3.8, 4) is 11.5 Å². The Balaban J connectivity index is 1.78. The molecule has 0 radical (unpaired) electrons. The molecule has 2 aliphatic rings. The molecule has 2 atom stereocenters. The highest BCUT2D eigenvalue weighted by molar-refractivity contribution is 7.90. The molecule has 1 N–H and O–H groups in total. The summed E-state index contributed by atoms with van der Waals surface area (Å²) >= 11 is 0. The van der Waals surface area contributed by atoms with Crippen molar-refractivity contribution in [2.24, 2.45) is 17.3 Å². The second kappa shape index (κ2) is 6.61. The first-order valence-electron chi connectivity index (χ1n) is 8.74. The molecule has 1 saturated carbocycles. The Labute approximate surface area is 154 Å². The van der Waals surface area contributed by atoms with Gasteiger partial charge in [-0.3, -0.25) is 4.79 Å². The number of sulfonamides is 1. The van der Waals surface area contributed by atoms with Crippen molar-refractivity contribution in [2.75, 3.05) is 13.2 Å². The number of rotatable bonds is 4. The SMILES string of the molecule is CC(C)=CC1C(C(=O)NS(=O)(=O)c2ccc3c(c2)OCCCO3)C1(C)C. The molecule has 1 heterocycles. The van der Waals surface area contributed by atoms with E-state index in [1.165, 1.54) is 12.1 Å². The third-order valence-corrected chi connectivity index (χ3v) is 6.31. The number of hydrogen-bond acceptors (Lipinski definition) is 5. The van der Waals surface area contributed by atoms with Crippen molar-refractivity contribution < 1.29 is 22.7 Å². The van der Waals surface area contributed by atoms with Crippen LogP contribution in [-0.2, 0) is 14.8 Å². The third-order valence-electron chi connectivity index (χ3n) is 4.97. The third kappa shape index (κ3) is 3.58. The summed E-state index contributed by atoms with van der Waals surface area (Å²) in [6.07, 6.45) is 2.76. The van der Waals surface area contributed by atoms with Gasteiger partial charge in [-0.05, 0) is 37.3 Å². The molecule has 1 amide bonds. The van der Waals surface area contributed by atoms with Gasteiger partial charge in [0, 0.05) is 12.5 Å². The Bertz CT molecular complexity index is 853. The lowest BCUT2D eigenvalue weighted by Crippen LogP contribution is -2.33. The number of nitrogens with one attached hydrogen (secondary N) is 1. The molecule has 1 fully saturated rings. The molecule has 26 heavy (non-hydrogen) atoms. The minimum absolute atomic E-state index is 0.00711. The molecule has 6 nitrogen and oxygen atoms in total. The van der Waals surface area contributed by atoms with Crippen LogP contribution in [0.1, 0.15) is 34.1 Å². The average molecular weight is 379 g/mol. The van der Waals surface area contributed by atoms with E-state index in [1.54, 1.807) is 6.07 Å². The monoisotopic (exact) mass is 379 g/mol. The maximum atomic E-state index is 12.6. The summed E-state index contributed by atoms with van der Waals surface area (Å²) < 4.78 is 38.6. The van der Waals surface area contributed by atoms with Crippen molar-refractivity contribution >= 4 is 15.9 Å². The number of carbonyl (C=O) groups is 1. The quantitative estimate of drug-likeness (QED) is 0.814. The molecule has 1 aromatic rings. The van der Waals surface area contributed by atoms with Gasteiger partial charge in [-0.15, -0.1) is 0 Å². The lowest BCUT2D eigenvalue weighted by atomic mass is 10.1. The number of hydrogen-bond donors (Lipinski definition) is 1. The highest BCUT2D eigenvalue weighted by atomic mass is 32.2. The van der Waals surface area contributed by atoms with Crippen molar-refractivity contribution in [1.29, 1.82) is 0 Å². The highest BCUT2D eigenvalue weighted by Gasteiger charge is 2.60. The van der Waals surface area contributed by atoms with Gasteiger partial charge in [0.15, 0.2) is 11.5 Å². The molecule has 0 bridgehead atoms. The minimum atomic E-state index is -3.97. The zero-order valence-corrected chi connectivity index (χ0v) is 16.4. The predicted octanol–water partition coefficient (Wildman–Crippen LogP) is 2.89. The predicted molar refractivity (Wildman–Crippen MR) is 97.6 cm³/mol. The Morgan fingerprint density at radius 3 is 2.50 bits per heavy atom. The minimum Gasteiger partial charge on any atom is -0.490 e. The van der Waals surface area contributed by atoms with Crippen LogP contribution in [0.15, 0.2) is 34.7 Å². The zero-order valence-electron chi connectivity index (χ0n) is 15.5. The van der Waals surface area contributed by atoms with Gasteiger partial charge >= 0.3 is 0 Å². The van der Waals surface area contributed by atoms with Gasteiger partial charge in [-0.1, -0.05) is 25.5 Å². The molecule has 3 rings (SSSR count). The maximum absolute atomic E-state index is 12.6. The fourth-order valence-electron chi connectivity index (χ4n) is 3.41. The van der Waals surface area contributed by atoms with Crippen molar-refractivity contribution in [2.45, 2.75) is 39.0 Å². The molecule has 0 aromatic heterocycles. The fraction of sp³-hybridized carbons (Fsp3) is 0.526. The summed E-state index contributed by atoms with van der Waals surface area (Å²) in [6.45, 7) is 8.88. The Morgan fingerprint density at radius 2 is 1.85 bits per heavy atom. The lowest BCUT2D eigenvalue weighted by Gasteiger charge is -2.11. The van der Waals surface area contributed by atoms with Crippen LogP contribution in [0.2, 0.25) is 0 Å². The van der Waals surface area contributed by atoms with E-state index in [0.717, 1.165) is 12.0 Å². The first-order valence-corrected chi connectivity index (χ1v) is 10.2. The number of carbonyl (C=O) groups excluding carboxylic acids is 1. The van der Waals surface area contributed by atoms with Gasteiger partial charge in [0.1, 0.15) is 0 Å². The van der Waals surface area contributed by atoms with Crippen LogP contribution < -0.4 is 14.2 Å². The number of benzene rings is 1. The zero-order chi connectivity index (χ0) is 19.1. The molecular weight excluding hydrogens is 354 g/mol. The number of fused-ring (bicyclic) bond motifs is 1. The molecule has 2 unspecified atom stereocenters. The number of ether oxygens (including phenoxy) is 2. The van der Waals surface area contributed by atoms with Gasteiger partial charge in [-0.2, -0.15) is 0 Å². The molecule has 142 valence electrons. The lowest BCUT2D eigenvalue weighted by molar-refractivity contribution is -0.121. The summed E-state index contributed by atoms with van der Waals surface area (Å²) in [5.41, 5.74) is 0.867. The van der Waals surface area contributed by atoms with E-state index in [9.17, 15) is 13.2 Å². The van der Waals surface area contributed by atoms with E-state index in [0.29, 0.717) is 24.7 Å². The number of amides is 1. The van der Waals surface area contributed by atoms with E-state index >= 15 is 0 Å². The Morgan fingerprint density at radius 1 is 1.19 bits per heavy atom. The smallest absolute Gasteiger partial charge is 0.264 e. The van der Waals surface area contributed by atoms with Crippen LogP contribution >= 0.6 is 0 Å². The van der Waals surface area contributed by atoms with Gasteiger partial charge in [0.05, 0.1) is 24.0 Å². The van der Waals surface area contributed by atoms with Gasteiger partial charge < -0.3 is 9.47 Å². The first-order chi connectivity index (χ1) is 12.1. The maximum Gasteiger partial charge on any atom is 0.264 e. The van der Waals surface area contributed by atoms with E-state index < -0.39 is 15.9 Å². The highest BCUT2D eigenvalue weighted by Crippen LogP contribution is 2.59. The van der Waals surface area contributed by atoms with Crippen LogP contribution in [0.5, 0.6) is 11.5 Å². The first kappa shape index (κ1) is 18.8. The summed E-state index contributed by atoms with van der Waals surface area (Å²) in [6, 6.07) is 4.39. The van der Waals surface area contributed by atoms with Crippen LogP contribution in [0.4, 0.5) is 0 Å². The molecule has 1 aromatic carbocycles. The second-order valence-corrected chi connectivity index (χ2v) is 9.38. The topological polar surface area (TPSA) is 81.7 Å². The average Bonchev–Trinajstić information content (AvgIpc) is 3.15. The van der Waals surface area contributed by atoms with Gasteiger partial charge in [-0.25, -0.2) is 13.1 Å². The Hall–Kier alpha value is -2.02. The van der Waals surface area contributed by atoms with Gasteiger partial charge in [0.2, 0.25) is 5.91 Å². The molecule has 1 aliphatic heterocycles. The summed E-state index contributed by atoms with van der Waals surface area (Å²) in [7, 11) is -3.97. The largest absolute Gasteiger partial charge is 0.490 e. The fourth-order valence-corrected chi connectivity index (χ4v) is 4.43. The van der Waals surface area contributed by atoms with Crippen LogP contribution in [0, 0.1) is 17.3 Å². The number of allylic oxidation sites excluding steroid dienone is 2. The summed E-state index contributed by atoms with van der Waals surface area (Å²) in [5, 5.41) is 0. The molecule has 0 spiro atoms. The molecule has 7 heteroatoms. The van der Waals surface area contributed by atoms with E-state index in [4.69, 9.17) is 9.47 Å². The molecular formula is C19H25NO5S. The second-order valence-electron chi connectivity index (χ2n) is 7.70. The van der Waals surface area contributed by atoms with E-state index in [1.807, 2.05) is 33.8 Å². The standard InChI is InChI=1S/C19H25NO5S/c1-12(2)10-14-17(19(14,3)4)18(21)20-26(22,23)13-6-7-15-16(11-13)25-9-5-8-24-15/h6-7,10-11,14,17H,5,8-9H2,1-4H3,(H,20,21). The molecule has 1 aliphatic carbocycles. The van der Waals surface area contributed by atoms with Crippen LogP contribution in [-0.4, -0.2) is 27.5 Å². The van der Waals surface area contributed by atoms with E-state index in [-0.39, 0.29) is 22.1 Å². The van der Waals surface area contributed by atoms with Crippen LogP contribution in [0.3, 0.4) is 0 Å².